The van der Waals surface area contributed by atoms with Gasteiger partial charge in [-0.05, 0) is 0 Å². The van der Waals surface area contributed by atoms with Crippen LogP contribution in [0, 0.1) is 5.92 Å². The van der Waals surface area contributed by atoms with Gasteiger partial charge in [0.05, 0.1) is 6.42 Å². The number of hydrogen-bond acceptors (Lipinski definition) is 3. The molecular weight excluding hydrogens is 238 g/mol. The molecule has 7 heteroatoms. The highest BCUT2D eigenvalue weighted by atomic mass is 16.4. The predicted octanol–water partition coefficient (Wildman–Crippen LogP) is -0.665. The summed E-state index contributed by atoms with van der Waals surface area (Å²) in [6, 6.07) is -0.0897. The van der Waals surface area contributed by atoms with Gasteiger partial charge in [-0.15, -0.1) is 0 Å². The van der Waals surface area contributed by atoms with Crippen LogP contribution in [0.1, 0.15) is 12.8 Å². The Kier molecular flexibility index (Phi) is 3.69. The Morgan fingerprint density at radius 2 is 2.00 bits per heavy atom. The molecule has 0 bridgehead atoms. The summed E-state index contributed by atoms with van der Waals surface area (Å²) in [6.07, 6.45) is 0.446. The molecule has 2 fully saturated rings. The number of carbonyl (C=O) groups excluding carboxylic acids is 2. The van der Waals surface area contributed by atoms with Gasteiger partial charge in [0.1, 0.15) is 0 Å². The first-order valence-corrected chi connectivity index (χ1v) is 6.08. The number of hydrogen-bond donors (Lipinski definition) is 2. The highest BCUT2D eigenvalue weighted by molar-refractivity contribution is 5.80. The zero-order valence-corrected chi connectivity index (χ0v) is 10.1. The van der Waals surface area contributed by atoms with Gasteiger partial charge in [-0.2, -0.15) is 0 Å². The van der Waals surface area contributed by atoms with Gasteiger partial charge in [0.25, 0.3) is 0 Å². The van der Waals surface area contributed by atoms with Crippen molar-refractivity contribution in [3.63, 3.8) is 0 Å². The zero-order valence-electron chi connectivity index (χ0n) is 10.1. The van der Waals surface area contributed by atoms with E-state index in [0.29, 0.717) is 39.1 Å². The average Bonchev–Trinajstić information content (AvgIpc) is 2.47. The molecule has 0 unspecified atom stereocenters. The average molecular weight is 255 g/mol. The van der Waals surface area contributed by atoms with E-state index in [1.165, 1.54) is 0 Å². The second-order valence-electron chi connectivity index (χ2n) is 4.74. The lowest BCUT2D eigenvalue weighted by Crippen LogP contribution is -2.55. The Balaban J connectivity index is 1.78. The fraction of sp³-hybridized carbons (Fsp3) is 0.727. The van der Waals surface area contributed by atoms with Gasteiger partial charge in [-0.1, -0.05) is 0 Å². The van der Waals surface area contributed by atoms with Gasteiger partial charge >= 0.3 is 12.0 Å². The minimum absolute atomic E-state index is 0.0299. The van der Waals surface area contributed by atoms with Crippen molar-refractivity contribution in [2.45, 2.75) is 12.8 Å². The first-order chi connectivity index (χ1) is 8.56. The number of amides is 3. The van der Waals surface area contributed by atoms with E-state index < -0.39 is 5.97 Å². The van der Waals surface area contributed by atoms with Crippen LogP contribution in [0.4, 0.5) is 4.79 Å². The molecule has 0 saturated carbocycles. The van der Waals surface area contributed by atoms with E-state index in [1.54, 1.807) is 9.80 Å². The van der Waals surface area contributed by atoms with Crippen LogP contribution < -0.4 is 5.32 Å². The van der Waals surface area contributed by atoms with E-state index in [4.69, 9.17) is 5.11 Å². The Hall–Kier alpha value is -1.79. The van der Waals surface area contributed by atoms with Crippen LogP contribution in [0.3, 0.4) is 0 Å². The number of nitrogens with one attached hydrogen (secondary N) is 1. The van der Waals surface area contributed by atoms with Crippen LogP contribution in [-0.4, -0.2) is 65.5 Å². The van der Waals surface area contributed by atoms with Gasteiger partial charge in [-0.3, -0.25) is 9.59 Å². The maximum Gasteiger partial charge on any atom is 0.320 e. The number of rotatable bonds is 2. The standard InChI is InChI=1S/C11H17N3O4/c15-9-1-3-13(4-2-12-9)11(18)14-6-8(7-14)5-10(16)17/h8H,1-7H2,(H,12,15)(H,16,17). The number of nitrogens with zero attached hydrogens (tertiary/aromatic N) is 2. The molecule has 3 amide bonds. The van der Waals surface area contributed by atoms with Gasteiger partial charge in [0, 0.05) is 45.1 Å². The summed E-state index contributed by atoms with van der Waals surface area (Å²) in [5.41, 5.74) is 0. The van der Waals surface area contributed by atoms with Crippen molar-refractivity contribution < 1.29 is 19.5 Å². The molecule has 2 N–H and O–H groups in total. The third-order valence-corrected chi connectivity index (χ3v) is 3.27. The van der Waals surface area contributed by atoms with Gasteiger partial charge in [-0.25, -0.2) is 4.79 Å². The fourth-order valence-electron chi connectivity index (χ4n) is 2.26. The molecule has 18 heavy (non-hydrogen) atoms. The Labute approximate surface area is 105 Å². The van der Waals surface area contributed by atoms with Gasteiger partial charge in [0.15, 0.2) is 0 Å². The Morgan fingerprint density at radius 3 is 2.67 bits per heavy atom. The topological polar surface area (TPSA) is 89.9 Å². The van der Waals surface area contributed by atoms with Crippen LogP contribution in [-0.2, 0) is 9.59 Å². The second kappa shape index (κ2) is 5.24. The van der Waals surface area contributed by atoms with Crippen molar-refractivity contribution in [3.05, 3.63) is 0 Å². The molecule has 2 aliphatic heterocycles. The summed E-state index contributed by atoms with van der Waals surface area (Å²) in [4.78, 5) is 37.0. The van der Waals surface area contributed by atoms with E-state index in [0.717, 1.165) is 0 Å². The molecule has 0 atom stereocenters. The minimum Gasteiger partial charge on any atom is -0.481 e. The van der Waals surface area contributed by atoms with Crippen molar-refractivity contribution in [2.75, 3.05) is 32.7 Å². The Morgan fingerprint density at radius 1 is 1.28 bits per heavy atom. The summed E-state index contributed by atoms with van der Waals surface area (Å²) >= 11 is 0. The summed E-state index contributed by atoms with van der Waals surface area (Å²) in [5, 5.41) is 11.3. The van der Waals surface area contributed by atoms with Crippen LogP contribution in [0.2, 0.25) is 0 Å². The molecule has 0 aliphatic carbocycles. The molecule has 0 spiro atoms. The monoisotopic (exact) mass is 255 g/mol. The first kappa shape index (κ1) is 12.7. The number of likely N-dealkylation sites (tertiary alicyclic amines) is 1. The number of urea groups is 1. The quantitative estimate of drug-likeness (QED) is 0.685. The lowest BCUT2D eigenvalue weighted by molar-refractivity contribution is -0.139. The van der Waals surface area contributed by atoms with E-state index >= 15 is 0 Å². The number of carboxylic acids is 1. The molecular formula is C11H17N3O4. The summed E-state index contributed by atoms with van der Waals surface area (Å²) in [7, 11) is 0. The highest BCUT2D eigenvalue weighted by Crippen LogP contribution is 2.20. The van der Waals surface area contributed by atoms with E-state index in [1.807, 2.05) is 0 Å². The molecule has 0 aromatic carbocycles. The lowest BCUT2D eigenvalue weighted by Gasteiger charge is -2.41. The molecule has 2 saturated heterocycles. The maximum absolute atomic E-state index is 12.0. The summed E-state index contributed by atoms with van der Waals surface area (Å²) in [5.74, 6) is -0.785. The normalized spacial score (nSPS) is 21.0. The highest BCUT2D eigenvalue weighted by Gasteiger charge is 2.34. The fourth-order valence-corrected chi connectivity index (χ4v) is 2.26. The largest absolute Gasteiger partial charge is 0.481 e. The molecule has 0 aromatic rings. The van der Waals surface area contributed by atoms with Crippen molar-refractivity contribution >= 4 is 17.9 Å². The minimum atomic E-state index is -0.823. The van der Waals surface area contributed by atoms with E-state index in [-0.39, 0.29) is 24.3 Å². The van der Waals surface area contributed by atoms with Crippen molar-refractivity contribution in [2.24, 2.45) is 5.92 Å². The zero-order chi connectivity index (χ0) is 13.1. The predicted molar refractivity (Wildman–Crippen MR) is 61.9 cm³/mol. The number of aliphatic carboxylic acids is 1. The SMILES string of the molecule is O=C(O)CC1CN(C(=O)N2CCNC(=O)CC2)C1. The Bertz CT molecular complexity index is 365. The van der Waals surface area contributed by atoms with Crippen LogP contribution in [0.15, 0.2) is 0 Å². The molecule has 2 aliphatic rings. The summed E-state index contributed by atoms with van der Waals surface area (Å²) in [6.45, 7) is 2.44. The molecule has 0 aromatic heterocycles. The number of carbonyl (C=O) groups is 3. The lowest BCUT2D eigenvalue weighted by atomic mass is 9.97. The summed E-state index contributed by atoms with van der Waals surface area (Å²) < 4.78 is 0. The maximum atomic E-state index is 12.0. The van der Waals surface area contributed by atoms with E-state index in [9.17, 15) is 14.4 Å². The van der Waals surface area contributed by atoms with Crippen LogP contribution >= 0.6 is 0 Å². The van der Waals surface area contributed by atoms with Gasteiger partial charge < -0.3 is 20.2 Å². The van der Waals surface area contributed by atoms with Crippen LogP contribution in [0.5, 0.6) is 0 Å². The van der Waals surface area contributed by atoms with Crippen molar-refractivity contribution in [3.8, 4) is 0 Å². The number of carboxylic acid groups (broad SMARTS) is 1. The molecule has 2 heterocycles. The second-order valence-corrected chi connectivity index (χ2v) is 4.74. The molecule has 100 valence electrons. The molecule has 7 nitrogen and oxygen atoms in total. The molecule has 0 radical (unpaired) electrons. The smallest absolute Gasteiger partial charge is 0.320 e. The van der Waals surface area contributed by atoms with Crippen molar-refractivity contribution in [1.29, 1.82) is 0 Å². The molecule has 2 rings (SSSR count). The first-order valence-electron chi connectivity index (χ1n) is 6.08. The third-order valence-electron chi connectivity index (χ3n) is 3.27. The van der Waals surface area contributed by atoms with Crippen LogP contribution in [0.25, 0.3) is 0 Å². The van der Waals surface area contributed by atoms with E-state index in [2.05, 4.69) is 5.32 Å². The van der Waals surface area contributed by atoms with Crippen molar-refractivity contribution in [1.82, 2.24) is 15.1 Å². The third kappa shape index (κ3) is 2.91. The van der Waals surface area contributed by atoms with Gasteiger partial charge in [0.2, 0.25) is 5.91 Å².